The number of allylic oxidation sites excluding steroid dienone is 4. The lowest BCUT2D eigenvalue weighted by molar-refractivity contribution is -0.196. The van der Waals surface area contributed by atoms with Gasteiger partial charge >= 0.3 is 5.97 Å². The number of halogens is 1. The van der Waals surface area contributed by atoms with Crippen LogP contribution in [0.15, 0.2) is 23.8 Å². The first kappa shape index (κ1) is 23.1. The molecule has 0 aromatic carbocycles. The Kier molecular flexibility index (Phi) is 5.35. The molecule has 0 heterocycles. The van der Waals surface area contributed by atoms with Gasteiger partial charge in [0, 0.05) is 23.2 Å². The van der Waals surface area contributed by atoms with Crippen LogP contribution in [0.25, 0.3) is 0 Å². The van der Waals surface area contributed by atoms with E-state index < -0.39 is 38.5 Å². The van der Waals surface area contributed by atoms with Crippen molar-refractivity contribution in [1.82, 2.24) is 0 Å². The summed E-state index contributed by atoms with van der Waals surface area (Å²) in [5, 5.41) is 11.1. The summed E-state index contributed by atoms with van der Waals surface area (Å²) < 4.78 is 5.91. The van der Waals surface area contributed by atoms with Crippen LogP contribution in [0.2, 0.25) is 0 Å². The Morgan fingerprint density at radius 1 is 1.32 bits per heavy atom. The lowest BCUT2D eigenvalue weighted by Gasteiger charge is -2.64. The molecule has 170 valence electrons. The summed E-state index contributed by atoms with van der Waals surface area (Å²) >= 11 is 11.6. The van der Waals surface area contributed by atoms with E-state index in [1.54, 1.807) is 19.1 Å². The third kappa shape index (κ3) is 2.70. The van der Waals surface area contributed by atoms with Gasteiger partial charge in [-0.3, -0.25) is 14.4 Å². The summed E-state index contributed by atoms with van der Waals surface area (Å²) in [6, 6.07) is 0. The minimum absolute atomic E-state index is 0.0337. The van der Waals surface area contributed by atoms with Crippen molar-refractivity contribution in [3.05, 3.63) is 23.8 Å². The maximum Gasteiger partial charge on any atom is 0.306 e. The van der Waals surface area contributed by atoms with Crippen molar-refractivity contribution in [2.24, 2.45) is 28.6 Å². The number of ketones is 1. The summed E-state index contributed by atoms with van der Waals surface area (Å²) in [6.45, 7) is 7.58. The van der Waals surface area contributed by atoms with Gasteiger partial charge < -0.3 is 9.84 Å². The molecular formula is C24H31ClO5S. The quantitative estimate of drug-likeness (QED) is 0.373. The number of hydrogen-bond donors (Lipinski definition) is 2. The zero-order valence-corrected chi connectivity index (χ0v) is 20.1. The van der Waals surface area contributed by atoms with Crippen molar-refractivity contribution in [2.45, 2.75) is 76.4 Å². The SMILES string of the molecule is CCC(=O)O[C@]1(C(=O)S)[C@@H](C)C[C@H]2[C@@H]3CCC4=CC(=O)C=C[C@]4(C)[C@@]3(Cl)[C@@H](O)C[C@@]21C. The van der Waals surface area contributed by atoms with Gasteiger partial charge in [-0.2, -0.15) is 0 Å². The second-order valence-electron chi connectivity index (χ2n) is 10.3. The molecule has 5 nitrogen and oxygen atoms in total. The fourth-order valence-electron chi connectivity index (χ4n) is 7.50. The Bertz CT molecular complexity index is 914. The number of rotatable bonds is 3. The summed E-state index contributed by atoms with van der Waals surface area (Å²) in [6.07, 6.45) is 6.53. The van der Waals surface area contributed by atoms with Gasteiger partial charge in [0.1, 0.15) is 0 Å². The number of fused-ring (bicyclic) bond motifs is 5. The first-order valence-corrected chi connectivity index (χ1v) is 12.0. The Hall–Kier alpha value is -1.11. The lowest BCUT2D eigenvalue weighted by atomic mass is 9.46. The van der Waals surface area contributed by atoms with Crippen LogP contribution in [0.5, 0.6) is 0 Å². The number of carbonyl (C=O) groups is 3. The molecule has 1 N–H and O–H groups in total. The molecule has 0 aromatic heterocycles. The molecule has 0 aromatic rings. The minimum atomic E-state index is -1.40. The van der Waals surface area contributed by atoms with Crippen molar-refractivity contribution >= 4 is 41.1 Å². The van der Waals surface area contributed by atoms with Crippen LogP contribution in [-0.4, -0.2) is 38.6 Å². The first-order chi connectivity index (χ1) is 14.4. The van der Waals surface area contributed by atoms with Crippen molar-refractivity contribution in [2.75, 3.05) is 0 Å². The highest BCUT2D eigenvalue weighted by molar-refractivity contribution is 7.96. The van der Waals surface area contributed by atoms with Gasteiger partial charge in [0.25, 0.3) is 0 Å². The number of aliphatic hydroxyl groups excluding tert-OH is 1. The largest absolute Gasteiger partial charge is 0.449 e. The molecule has 0 unspecified atom stereocenters. The van der Waals surface area contributed by atoms with Gasteiger partial charge in [0.15, 0.2) is 11.4 Å². The van der Waals surface area contributed by atoms with E-state index in [9.17, 15) is 19.5 Å². The molecule has 0 amide bonds. The topological polar surface area (TPSA) is 80.7 Å². The van der Waals surface area contributed by atoms with E-state index in [2.05, 4.69) is 12.6 Å². The molecule has 0 aliphatic heterocycles. The summed E-state index contributed by atoms with van der Waals surface area (Å²) in [4.78, 5) is 36.4. The highest BCUT2D eigenvalue weighted by Gasteiger charge is 2.76. The minimum Gasteiger partial charge on any atom is -0.449 e. The molecule has 3 saturated carbocycles. The average molecular weight is 467 g/mol. The zero-order valence-electron chi connectivity index (χ0n) is 18.5. The van der Waals surface area contributed by atoms with Crippen LogP contribution in [0.1, 0.15) is 59.8 Å². The van der Waals surface area contributed by atoms with E-state index in [-0.39, 0.29) is 36.4 Å². The van der Waals surface area contributed by atoms with Gasteiger partial charge in [-0.15, -0.1) is 24.2 Å². The highest BCUT2D eigenvalue weighted by atomic mass is 35.5. The second kappa shape index (κ2) is 7.19. The maximum absolute atomic E-state index is 13.0. The Morgan fingerprint density at radius 3 is 2.61 bits per heavy atom. The van der Waals surface area contributed by atoms with E-state index in [4.69, 9.17) is 16.3 Å². The number of aliphatic hydroxyl groups is 1. The molecule has 0 saturated heterocycles. The molecule has 0 radical (unpaired) electrons. The van der Waals surface area contributed by atoms with Crippen molar-refractivity contribution in [3.63, 3.8) is 0 Å². The zero-order chi connectivity index (χ0) is 23.0. The van der Waals surface area contributed by atoms with Crippen LogP contribution < -0.4 is 0 Å². The summed E-state index contributed by atoms with van der Waals surface area (Å²) in [7, 11) is 0. The monoisotopic (exact) mass is 466 g/mol. The van der Waals surface area contributed by atoms with E-state index >= 15 is 0 Å². The van der Waals surface area contributed by atoms with Gasteiger partial charge in [0.2, 0.25) is 5.12 Å². The number of hydrogen-bond acceptors (Lipinski definition) is 5. The van der Waals surface area contributed by atoms with Gasteiger partial charge in [-0.1, -0.05) is 39.3 Å². The maximum atomic E-state index is 13.0. The molecule has 0 spiro atoms. The molecule has 4 aliphatic carbocycles. The van der Waals surface area contributed by atoms with Crippen LogP contribution in [0.3, 0.4) is 0 Å². The standard InChI is InChI=1S/C24H31ClO5S/c1-5-19(28)30-24(20(29)31)13(2)10-17-16-7-6-14-11-15(26)8-9-21(14,3)23(16,25)18(27)12-22(17,24)4/h8-9,11,13,16-18,27H,5-7,10,12H2,1-4H3,(H,29,31)/t13-,16-,17-,18-,21-,22-,23-,24-/m0/s1. The fourth-order valence-corrected chi connectivity index (χ4v) is 8.54. The third-order valence-electron chi connectivity index (χ3n) is 9.06. The van der Waals surface area contributed by atoms with E-state index in [0.29, 0.717) is 19.3 Å². The predicted octanol–water partition coefficient (Wildman–Crippen LogP) is 4.02. The van der Waals surface area contributed by atoms with E-state index in [0.717, 1.165) is 5.57 Å². The Balaban J connectivity index is 1.84. The summed E-state index contributed by atoms with van der Waals surface area (Å²) in [5.74, 6) is -0.888. The van der Waals surface area contributed by atoms with Crippen LogP contribution >= 0.6 is 24.2 Å². The molecular weight excluding hydrogens is 436 g/mol. The average Bonchev–Trinajstić information content (AvgIpc) is 2.91. The van der Waals surface area contributed by atoms with Crippen molar-refractivity contribution in [3.8, 4) is 0 Å². The lowest BCUT2D eigenvalue weighted by Crippen LogP contribution is -2.69. The van der Waals surface area contributed by atoms with Crippen molar-refractivity contribution in [1.29, 1.82) is 0 Å². The molecule has 7 heteroatoms. The number of thiol groups is 1. The van der Waals surface area contributed by atoms with E-state index in [1.165, 1.54) is 0 Å². The number of esters is 1. The van der Waals surface area contributed by atoms with Crippen LogP contribution in [0.4, 0.5) is 0 Å². The molecule has 0 bridgehead atoms. The molecule has 3 fully saturated rings. The van der Waals surface area contributed by atoms with Gasteiger partial charge in [0.05, 0.1) is 11.0 Å². The third-order valence-corrected chi connectivity index (χ3v) is 10.3. The molecule has 4 rings (SSSR count). The number of ether oxygens (including phenoxy) is 1. The normalized spacial score (nSPS) is 48.4. The predicted molar refractivity (Wildman–Crippen MR) is 121 cm³/mol. The van der Waals surface area contributed by atoms with Gasteiger partial charge in [-0.25, -0.2) is 0 Å². The number of alkyl halides is 1. The van der Waals surface area contributed by atoms with E-state index in [1.807, 2.05) is 26.8 Å². The van der Waals surface area contributed by atoms with Crippen LogP contribution in [-0.2, 0) is 19.1 Å². The second-order valence-corrected chi connectivity index (χ2v) is 11.3. The van der Waals surface area contributed by atoms with Gasteiger partial charge in [-0.05, 0) is 49.7 Å². The smallest absolute Gasteiger partial charge is 0.306 e. The van der Waals surface area contributed by atoms with Crippen LogP contribution in [0, 0.1) is 28.6 Å². The molecule has 4 aliphatic rings. The number of carbonyl (C=O) groups excluding carboxylic acids is 3. The molecule has 31 heavy (non-hydrogen) atoms. The van der Waals surface area contributed by atoms with Crippen molar-refractivity contribution < 1.29 is 24.2 Å². The highest BCUT2D eigenvalue weighted by Crippen LogP contribution is 2.72. The first-order valence-electron chi connectivity index (χ1n) is 11.1. The Labute approximate surface area is 194 Å². The summed E-state index contributed by atoms with van der Waals surface area (Å²) in [5.41, 5.74) is -1.90. The fraction of sp³-hybridized carbons (Fsp3) is 0.708. The Morgan fingerprint density at radius 2 is 2.00 bits per heavy atom. The molecule has 8 atom stereocenters.